The summed E-state index contributed by atoms with van der Waals surface area (Å²) in [6, 6.07) is 18.0. The molecule has 0 spiro atoms. The number of carbonyl (C=O) groups is 1. The van der Waals surface area contributed by atoms with Crippen LogP contribution in [0.1, 0.15) is 30.0 Å². The fourth-order valence-corrected chi connectivity index (χ4v) is 3.13. The number of likely N-dealkylation sites (tertiary alicyclic amines) is 1. The van der Waals surface area contributed by atoms with Gasteiger partial charge in [-0.3, -0.25) is 0 Å². The van der Waals surface area contributed by atoms with Crippen molar-refractivity contribution in [1.82, 2.24) is 4.90 Å². The number of carbonyl (C=O) groups excluding carboxylic acids is 1. The summed E-state index contributed by atoms with van der Waals surface area (Å²) in [6.07, 6.45) is 1.74. The van der Waals surface area contributed by atoms with E-state index in [1.807, 2.05) is 60.5 Å². The second-order valence-corrected chi connectivity index (χ2v) is 5.73. The minimum Gasteiger partial charge on any atom is -0.445 e. The Labute approximate surface area is 137 Å². The molecule has 1 aliphatic rings. The number of hydrogen-bond acceptors (Lipinski definition) is 3. The number of nitrogens with zero attached hydrogens (tertiary/aromatic N) is 1. The van der Waals surface area contributed by atoms with Crippen LogP contribution in [-0.4, -0.2) is 24.6 Å². The maximum atomic E-state index is 12.5. The molecular weight excluding hydrogens is 288 g/mol. The largest absolute Gasteiger partial charge is 0.445 e. The first-order chi connectivity index (χ1) is 11.3. The van der Waals surface area contributed by atoms with Crippen LogP contribution in [-0.2, 0) is 11.3 Å². The SMILES string of the molecule is CNc1ccccc1C1CCCN1C(=O)OCc1ccccc1. The molecule has 120 valence electrons. The highest BCUT2D eigenvalue weighted by atomic mass is 16.6. The first-order valence-electron chi connectivity index (χ1n) is 8.03. The van der Waals surface area contributed by atoms with Gasteiger partial charge >= 0.3 is 6.09 Å². The van der Waals surface area contributed by atoms with Crippen molar-refractivity contribution in [3.8, 4) is 0 Å². The Morgan fingerprint density at radius 1 is 1.17 bits per heavy atom. The van der Waals surface area contributed by atoms with Crippen LogP contribution in [0, 0.1) is 0 Å². The second kappa shape index (κ2) is 7.18. The van der Waals surface area contributed by atoms with E-state index in [4.69, 9.17) is 4.74 Å². The lowest BCUT2D eigenvalue weighted by Crippen LogP contribution is -2.31. The summed E-state index contributed by atoms with van der Waals surface area (Å²) in [5, 5.41) is 3.21. The molecule has 1 saturated heterocycles. The van der Waals surface area contributed by atoms with Crippen LogP contribution >= 0.6 is 0 Å². The third-order valence-corrected chi connectivity index (χ3v) is 4.28. The molecule has 23 heavy (non-hydrogen) atoms. The first-order valence-corrected chi connectivity index (χ1v) is 8.03. The van der Waals surface area contributed by atoms with Crippen molar-refractivity contribution in [3.63, 3.8) is 0 Å². The minimum absolute atomic E-state index is 0.0851. The minimum atomic E-state index is -0.234. The summed E-state index contributed by atoms with van der Waals surface area (Å²) < 4.78 is 5.50. The Hall–Kier alpha value is -2.49. The van der Waals surface area contributed by atoms with Crippen molar-refractivity contribution < 1.29 is 9.53 Å². The number of anilines is 1. The van der Waals surface area contributed by atoms with Gasteiger partial charge in [-0.1, -0.05) is 48.5 Å². The lowest BCUT2D eigenvalue weighted by atomic mass is 10.0. The zero-order valence-corrected chi connectivity index (χ0v) is 13.4. The fraction of sp³-hybridized carbons (Fsp3) is 0.316. The highest BCUT2D eigenvalue weighted by molar-refractivity contribution is 5.69. The van der Waals surface area contributed by atoms with Gasteiger partial charge < -0.3 is 15.0 Å². The van der Waals surface area contributed by atoms with Crippen molar-refractivity contribution in [2.75, 3.05) is 18.9 Å². The van der Waals surface area contributed by atoms with Gasteiger partial charge in [-0.25, -0.2) is 4.79 Å². The molecule has 4 heteroatoms. The highest BCUT2D eigenvalue weighted by Crippen LogP contribution is 2.36. The van der Waals surface area contributed by atoms with Gasteiger partial charge in [0.05, 0.1) is 6.04 Å². The zero-order chi connectivity index (χ0) is 16.1. The van der Waals surface area contributed by atoms with Crippen LogP contribution in [0.25, 0.3) is 0 Å². The standard InChI is InChI=1S/C19H22N2O2/c1-20-17-11-6-5-10-16(17)18-12-7-13-21(18)19(22)23-14-15-8-3-2-4-9-15/h2-6,8-11,18,20H,7,12-14H2,1H3. The number of ether oxygens (including phenoxy) is 1. The number of para-hydroxylation sites is 1. The fourth-order valence-electron chi connectivity index (χ4n) is 3.13. The number of benzene rings is 2. The molecule has 2 aromatic rings. The molecule has 0 aromatic heterocycles. The number of rotatable bonds is 4. The van der Waals surface area contributed by atoms with E-state index < -0.39 is 0 Å². The maximum Gasteiger partial charge on any atom is 0.410 e. The topological polar surface area (TPSA) is 41.6 Å². The molecule has 0 radical (unpaired) electrons. The van der Waals surface area contributed by atoms with E-state index in [0.717, 1.165) is 36.2 Å². The Morgan fingerprint density at radius 3 is 2.70 bits per heavy atom. The highest BCUT2D eigenvalue weighted by Gasteiger charge is 2.32. The lowest BCUT2D eigenvalue weighted by molar-refractivity contribution is 0.0921. The first kappa shape index (κ1) is 15.4. The van der Waals surface area contributed by atoms with Crippen molar-refractivity contribution in [1.29, 1.82) is 0 Å². The molecule has 1 atom stereocenters. The van der Waals surface area contributed by atoms with Crippen LogP contribution in [0.5, 0.6) is 0 Å². The normalized spacial score (nSPS) is 17.1. The van der Waals surface area contributed by atoms with E-state index >= 15 is 0 Å². The van der Waals surface area contributed by atoms with Crippen LogP contribution in [0.3, 0.4) is 0 Å². The lowest BCUT2D eigenvalue weighted by Gasteiger charge is -2.26. The maximum absolute atomic E-state index is 12.5. The van der Waals surface area contributed by atoms with Gasteiger partial charge in [-0.2, -0.15) is 0 Å². The molecule has 1 fully saturated rings. The summed E-state index contributed by atoms with van der Waals surface area (Å²) in [4.78, 5) is 14.3. The van der Waals surface area contributed by atoms with Crippen molar-refractivity contribution >= 4 is 11.8 Å². The van der Waals surface area contributed by atoms with Crippen LogP contribution < -0.4 is 5.32 Å². The van der Waals surface area contributed by atoms with Gasteiger partial charge in [0, 0.05) is 19.3 Å². The molecule has 3 rings (SSSR count). The number of hydrogen-bond donors (Lipinski definition) is 1. The van der Waals surface area contributed by atoms with Crippen LogP contribution in [0.15, 0.2) is 54.6 Å². The molecular formula is C19H22N2O2. The average molecular weight is 310 g/mol. The van der Waals surface area contributed by atoms with E-state index in [-0.39, 0.29) is 12.1 Å². The molecule has 2 aromatic carbocycles. The van der Waals surface area contributed by atoms with Gasteiger partial charge in [-0.15, -0.1) is 0 Å². The Balaban J connectivity index is 1.70. The number of nitrogens with one attached hydrogen (secondary N) is 1. The summed E-state index contributed by atoms with van der Waals surface area (Å²) in [5.41, 5.74) is 3.23. The van der Waals surface area contributed by atoms with E-state index in [1.54, 1.807) is 0 Å². The second-order valence-electron chi connectivity index (χ2n) is 5.73. The molecule has 1 heterocycles. The van der Waals surface area contributed by atoms with Crippen molar-refractivity contribution in [2.24, 2.45) is 0 Å². The van der Waals surface area contributed by atoms with E-state index in [9.17, 15) is 4.79 Å². The Morgan fingerprint density at radius 2 is 1.91 bits per heavy atom. The van der Waals surface area contributed by atoms with Crippen molar-refractivity contribution in [2.45, 2.75) is 25.5 Å². The third-order valence-electron chi connectivity index (χ3n) is 4.28. The smallest absolute Gasteiger partial charge is 0.410 e. The van der Waals surface area contributed by atoms with Gasteiger partial charge in [0.25, 0.3) is 0 Å². The van der Waals surface area contributed by atoms with Gasteiger partial charge in [-0.05, 0) is 30.0 Å². The summed E-state index contributed by atoms with van der Waals surface area (Å²) in [6.45, 7) is 1.06. The molecule has 0 saturated carbocycles. The van der Waals surface area contributed by atoms with Crippen LogP contribution in [0.4, 0.5) is 10.5 Å². The predicted molar refractivity (Wildman–Crippen MR) is 91.3 cm³/mol. The predicted octanol–water partition coefficient (Wildman–Crippen LogP) is 4.20. The molecule has 0 aliphatic carbocycles. The van der Waals surface area contributed by atoms with Crippen LogP contribution in [0.2, 0.25) is 0 Å². The molecule has 1 N–H and O–H groups in total. The van der Waals surface area contributed by atoms with E-state index in [0.29, 0.717) is 6.61 Å². The molecule has 4 nitrogen and oxygen atoms in total. The Kier molecular flexibility index (Phi) is 4.81. The monoisotopic (exact) mass is 310 g/mol. The molecule has 1 aliphatic heterocycles. The number of amides is 1. The van der Waals surface area contributed by atoms with E-state index in [2.05, 4.69) is 11.4 Å². The summed E-state index contributed by atoms with van der Waals surface area (Å²) in [5.74, 6) is 0. The van der Waals surface area contributed by atoms with Gasteiger partial charge in [0.1, 0.15) is 6.61 Å². The third kappa shape index (κ3) is 3.47. The van der Waals surface area contributed by atoms with Crippen molar-refractivity contribution in [3.05, 3.63) is 65.7 Å². The summed E-state index contributed by atoms with van der Waals surface area (Å²) >= 11 is 0. The van der Waals surface area contributed by atoms with Gasteiger partial charge in [0.15, 0.2) is 0 Å². The van der Waals surface area contributed by atoms with Gasteiger partial charge in [0.2, 0.25) is 0 Å². The molecule has 1 unspecified atom stereocenters. The summed E-state index contributed by atoms with van der Waals surface area (Å²) in [7, 11) is 1.91. The Bertz CT molecular complexity index is 657. The average Bonchev–Trinajstić information content (AvgIpc) is 3.10. The van der Waals surface area contributed by atoms with E-state index in [1.165, 1.54) is 0 Å². The molecule has 1 amide bonds. The zero-order valence-electron chi connectivity index (χ0n) is 13.4. The quantitative estimate of drug-likeness (QED) is 0.920. The molecule has 0 bridgehead atoms.